The number of carbonyl (C=O) groups excluding carboxylic acids is 1. The molecule has 0 aliphatic rings. The Bertz CT molecular complexity index is 1350. The molecule has 1 N–H and O–H groups in total. The molecule has 8 heteroatoms. The van der Waals surface area contributed by atoms with Gasteiger partial charge in [0.1, 0.15) is 11.5 Å². The Kier molecular flexibility index (Phi) is 6.20. The van der Waals surface area contributed by atoms with Gasteiger partial charge in [-0.05, 0) is 52.1 Å². The third-order valence-electron chi connectivity index (χ3n) is 6.28. The van der Waals surface area contributed by atoms with E-state index in [-0.39, 0.29) is 11.5 Å². The molecule has 0 saturated carbocycles. The summed E-state index contributed by atoms with van der Waals surface area (Å²) in [5, 5.41) is 2.87. The van der Waals surface area contributed by atoms with Crippen LogP contribution in [0.25, 0.3) is 16.7 Å². The molecule has 172 valence electrons. The molecular formula is C25H30N6O2. The number of hydrogen-bond donors (Lipinski definition) is 1. The van der Waals surface area contributed by atoms with E-state index in [2.05, 4.69) is 22.9 Å². The van der Waals surface area contributed by atoms with Crippen LogP contribution >= 0.6 is 0 Å². The fourth-order valence-electron chi connectivity index (χ4n) is 4.10. The highest BCUT2D eigenvalue weighted by molar-refractivity contribution is 5.95. The Morgan fingerprint density at radius 3 is 2.48 bits per heavy atom. The summed E-state index contributed by atoms with van der Waals surface area (Å²) in [6, 6.07) is 17.0. The number of para-hydroxylation sites is 3. The van der Waals surface area contributed by atoms with Crippen molar-refractivity contribution in [3.8, 4) is 5.69 Å². The van der Waals surface area contributed by atoms with Gasteiger partial charge in [0, 0.05) is 13.6 Å². The van der Waals surface area contributed by atoms with Gasteiger partial charge in [-0.25, -0.2) is 9.67 Å². The van der Waals surface area contributed by atoms with E-state index in [0.29, 0.717) is 17.9 Å². The Morgan fingerprint density at radius 2 is 1.79 bits per heavy atom. The number of anilines is 1. The number of carbonyl (C=O) groups is 1. The molecule has 0 saturated heterocycles. The minimum Gasteiger partial charge on any atom is -0.327 e. The first-order valence-corrected chi connectivity index (χ1v) is 11.1. The van der Waals surface area contributed by atoms with E-state index in [1.165, 1.54) is 0 Å². The maximum Gasteiger partial charge on any atom is 0.295 e. The molecule has 0 bridgehead atoms. The third kappa shape index (κ3) is 4.09. The molecule has 4 aromatic rings. The molecule has 0 unspecified atom stereocenters. The summed E-state index contributed by atoms with van der Waals surface area (Å²) in [7, 11) is 3.70. The first-order chi connectivity index (χ1) is 15.8. The lowest BCUT2D eigenvalue weighted by atomic mass is 10.2. The van der Waals surface area contributed by atoms with Gasteiger partial charge in [-0.15, -0.1) is 0 Å². The topological polar surface area (TPSA) is 77.1 Å². The van der Waals surface area contributed by atoms with Gasteiger partial charge in [0.05, 0.1) is 35.0 Å². The molecule has 0 spiro atoms. The average molecular weight is 447 g/mol. The number of fused-ring (bicyclic) bond motifs is 1. The van der Waals surface area contributed by atoms with Crippen LogP contribution in [0.4, 0.5) is 5.69 Å². The summed E-state index contributed by atoms with van der Waals surface area (Å²) in [6.45, 7) is 7.06. The maximum atomic E-state index is 13.1. The smallest absolute Gasteiger partial charge is 0.295 e. The van der Waals surface area contributed by atoms with Crippen molar-refractivity contribution in [2.45, 2.75) is 39.9 Å². The van der Waals surface area contributed by atoms with Crippen LogP contribution in [0.15, 0.2) is 59.4 Å². The molecule has 33 heavy (non-hydrogen) atoms. The number of imidazole rings is 1. The molecular weight excluding hydrogens is 416 g/mol. The highest BCUT2D eigenvalue weighted by Gasteiger charge is 2.24. The SMILES string of the molecule is CCn1c(CN(C)[C@H](C)C(=O)Nc2c(C)n(C)n(-c3ccccc3)c2=O)nc2ccccc21. The monoisotopic (exact) mass is 446 g/mol. The number of amides is 1. The van der Waals surface area contributed by atoms with E-state index >= 15 is 0 Å². The first-order valence-electron chi connectivity index (χ1n) is 11.1. The van der Waals surface area contributed by atoms with Crippen molar-refractivity contribution in [2.24, 2.45) is 7.05 Å². The van der Waals surface area contributed by atoms with E-state index in [1.54, 1.807) is 9.36 Å². The van der Waals surface area contributed by atoms with Crippen molar-refractivity contribution < 1.29 is 4.79 Å². The second-order valence-corrected chi connectivity index (χ2v) is 8.28. The van der Waals surface area contributed by atoms with Gasteiger partial charge in [0.15, 0.2) is 0 Å². The highest BCUT2D eigenvalue weighted by Crippen LogP contribution is 2.18. The molecule has 1 amide bonds. The van der Waals surface area contributed by atoms with Crippen LogP contribution in [0, 0.1) is 6.92 Å². The molecule has 0 fully saturated rings. The molecule has 1 atom stereocenters. The molecule has 0 aliphatic carbocycles. The quantitative estimate of drug-likeness (QED) is 0.473. The van der Waals surface area contributed by atoms with Crippen molar-refractivity contribution in [1.29, 1.82) is 0 Å². The van der Waals surface area contributed by atoms with Crippen molar-refractivity contribution >= 4 is 22.6 Å². The van der Waals surface area contributed by atoms with Gasteiger partial charge in [0.2, 0.25) is 5.91 Å². The van der Waals surface area contributed by atoms with Gasteiger partial charge >= 0.3 is 0 Å². The summed E-state index contributed by atoms with van der Waals surface area (Å²) < 4.78 is 5.48. The molecule has 8 nitrogen and oxygen atoms in total. The lowest BCUT2D eigenvalue weighted by molar-refractivity contribution is -0.120. The van der Waals surface area contributed by atoms with Crippen molar-refractivity contribution in [1.82, 2.24) is 23.8 Å². The van der Waals surface area contributed by atoms with Crippen molar-refractivity contribution in [3.05, 3.63) is 76.5 Å². The lowest BCUT2D eigenvalue weighted by Gasteiger charge is -2.23. The molecule has 0 radical (unpaired) electrons. The van der Waals surface area contributed by atoms with E-state index < -0.39 is 6.04 Å². The van der Waals surface area contributed by atoms with Crippen LogP contribution < -0.4 is 10.9 Å². The van der Waals surface area contributed by atoms with Crippen LogP contribution in [0.1, 0.15) is 25.4 Å². The highest BCUT2D eigenvalue weighted by atomic mass is 16.2. The second-order valence-electron chi connectivity index (χ2n) is 8.28. The summed E-state index contributed by atoms with van der Waals surface area (Å²) in [4.78, 5) is 32.9. The average Bonchev–Trinajstić information content (AvgIpc) is 3.28. The van der Waals surface area contributed by atoms with Crippen LogP contribution in [0.2, 0.25) is 0 Å². The Balaban J connectivity index is 1.54. The Hall–Kier alpha value is -3.65. The molecule has 2 heterocycles. The second kappa shape index (κ2) is 9.07. The number of aromatic nitrogens is 4. The zero-order valence-electron chi connectivity index (χ0n) is 19.7. The van der Waals surface area contributed by atoms with E-state index in [1.807, 2.05) is 81.4 Å². The van der Waals surface area contributed by atoms with E-state index in [4.69, 9.17) is 4.98 Å². The van der Waals surface area contributed by atoms with E-state index in [0.717, 1.165) is 29.1 Å². The number of rotatable bonds is 7. The van der Waals surface area contributed by atoms with Crippen LogP contribution in [-0.4, -0.2) is 42.8 Å². The minimum absolute atomic E-state index is 0.234. The van der Waals surface area contributed by atoms with Crippen LogP contribution in [0.5, 0.6) is 0 Å². The predicted octanol–water partition coefficient (Wildman–Crippen LogP) is 3.31. The van der Waals surface area contributed by atoms with Gasteiger partial charge in [-0.3, -0.25) is 19.2 Å². The molecule has 2 aromatic heterocycles. The molecule has 4 rings (SSSR count). The zero-order chi connectivity index (χ0) is 23.7. The van der Waals surface area contributed by atoms with Crippen LogP contribution in [0.3, 0.4) is 0 Å². The first kappa shape index (κ1) is 22.5. The van der Waals surface area contributed by atoms with Crippen LogP contribution in [-0.2, 0) is 24.9 Å². The standard InChI is InChI=1S/C25H30N6O2/c1-6-30-21-15-11-10-14-20(21)26-22(30)16-28(4)18(3)24(32)27-23-17(2)29(5)31(25(23)33)19-12-8-7-9-13-19/h7-15,18H,6,16H2,1-5H3,(H,27,32)/t18-/m1/s1. The minimum atomic E-state index is -0.459. The normalized spacial score (nSPS) is 12.4. The van der Waals surface area contributed by atoms with Gasteiger partial charge in [-0.1, -0.05) is 30.3 Å². The number of benzene rings is 2. The lowest BCUT2D eigenvalue weighted by Crippen LogP contribution is -2.40. The number of nitrogens with zero attached hydrogens (tertiary/aromatic N) is 5. The summed E-state index contributed by atoms with van der Waals surface area (Å²) >= 11 is 0. The summed E-state index contributed by atoms with van der Waals surface area (Å²) in [6.07, 6.45) is 0. The Labute approximate surface area is 193 Å². The van der Waals surface area contributed by atoms with E-state index in [9.17, 15) is 9.59 Å². The fraction of sp³-hybridized carbons (Fsp3) is 0.320. The fourth-order valence-corrected chi connectivity index (χ4v) is 4.10. The van der Waals surface area contributed by atoms with Crippen molar-refractivity contribution in [2.75, 3.05) is 12.4 Å². The van der Waals surface area contributed by atoms with Crippen molar-refractivity contribution in [3.63, 3.8) is 0 Å². The zero-order valence-corrected chi connectivity index (χ0v) is 19.7. The number of aryl methyl sites for hydroxylation is 1. The van der Waals surface area contributed by atoms with Gasteiger partial charge in [0.25, 0.3) is 5.56 Å². The number of likely N-dealkylation sites (N-methyl/N-ethyl adjacent to an activating group) is 1. The molecule has 2 aromatic carbocycles. The predicted molar refractivity (Wildman–Crippen MR) is 131 cm³/mol. The summed E-state index contributed by atoms with van der Waals surface area (Å²) in [5.74, 6) is 0.672. The van der Waals surface area contributed by atoms with Gasteiger partial charge < -0.3 is 9.88 Å². The molecule has 0 aliphatic heterocycles. The maximum absolute atomic E-state index is 13.1. The Morgan fingerprint density at radius 1 is 1.12 bits per heavy atom. The largest absolute Gasteiger partial charge is 0.327 e. The number of hydrogen-bond acceptors (Lipinski definition) is 4. The summed E-state index contributed by atoms with van der Waals surface area (Å²) in [5.41, 5.74) is 3.52. The number of nitrogens with one attached hydrogen (secondary N) is 1. The third-order valence-corrected chi connectivity index (χ3v) is 6.28. The van der Waals surface area contributed by atoms with Gasteiger partial charge in [-0.2, -0.15) is 0 Å².